The van der Waals surface area contributed by atoms with Crippen LogP contribution in [0.5, 0.6) is 5.75 Å². The molecular formula is C30H22ClN3O2. The SMILES string of the molecule is O=C(N/N=C\c1ccccc1OCc1ccccc1Cl)c1cc(-c2ccccc2)nc2ccccc12. The van der Waals surface area contributed by atoms with Crippen molar-refractivity contribution in [2.24, 2.45) is 5.10 Å². The summed E-state index contributed by atoms with van der Waals surface area (Å²) in [6, 6.07) is 34.2. The maximum atomic E-state index is 13.2. The maximum Gasteiger partial charge on any atom is 0.272 e. The zero-order chi connectivity index (χ0) is 24.7. The molecule has 0 saturated heterocycles. The molecule has 4 aromatic carbocycles. The molecule has 1 aromatic heterocycles. The van der Waals surface area contributed by atoms with Crippen LogP contribution in [0.3, 0.4) is 0 Å². The number of rotatable bonds is 7. The largest absolute Gasteiger partial charge is 0.488 e. The molecule has 1 heterocycles. The van der Waals surface area contributed by atoms with Gasteiger partial charge in [-0.05, 0) is 30.3 Å². The minimum Gasteiger partial charge on any atom is -0.488 e. The molecule has 6 heteroatoms. The summed E-state index contributed by atoms with van der Waals surface area (Å²) in [6.45, 7) is 0.322. The van der Waals surface area contributed by atoms with E-state index in [1.165, 1.54) is 0 Å². The molecule has 176 valence electrons. The summed E-state index contributed by atoms with van der Waals surface area (Å²) in [6.07, 6.45) is 1.57. The van der Waals surface area contributed by atoms with Crippen molar-refractivity contribution < 1.29 is 9.53 Å². The summed E-state index contributed by atoms with van der Waals surface area (Å²) >= 11 is 6.24. The lowest BCUT2D eigenvalue weighted by molar-refractivity contribution is 0.0956. The molecule has 0 fully saturated rings. The van der Waals surface area contributed by atoms with Crippen LogP contribution in [0.4, 0.5) is 0 Å². The lowest BCUT2D eigenvalue weighted by atomic mass is 10.0. The van der Waals surface area contributed by atoms with Gasteiger partial charge in [0.2, 0.25) is 0 Å². The molecule has 5 nitrogen and oxygen atoms in total. The topological polar surface area (TPSA) is 63.6 Å². The number of aromatic nitrogens is 1. The third-order valence-corrected chi connectivity index (χ3v) is 6.03. The average molecular weight is 492 g/mol. The average Bonchev–Trinajstić information content (AvgIpc) is 2.93. The number of hydrogen-bond acceptors (Lipinski definition) is 4. The summed E-state index contributed by atoms with van der Waals surface area (Å²) in [5.41, 5.74) is 7.17. The fourth-order valence-electron chi connectivity index (χ4n) is 3.83. The van der Waals surface area contributed by atoms with E-state index in [0.29, 0.717) is 22.9 Å². The number of carbonyl (C=O) groups is 1. The van der Waals surface area contributed by atoms with Crippen LogP contribution in [0.15, 0.2) is 114 Å². The second-order valence-corrected chi connectivity index (χ2v) is 8.46. The molecular weight excluding hydrogens is 470 g/mol. The maximum absolute atomic E-state index is 13.2. The number of fused-ring (bicyclic) bond motifs is 1. The van der Waals surface area contributed by atoms with Gasteiger partial charge in [0.05, 0.1) is 23.0 Å². The summed E-state index contributed by atoms with van der Waals surface area (Å²) < 4.78 is 5.97. The van der Waals surface area contributed by atoms with E-state index in [0.717, 1.165) is 33.3 Å². The molecule has 1 N–H and O–H groups in total. The molecule has 5 aromatic rings. The molecule has 0 spiro atoms. The molecule has 0 saturated carbocycles. The van der Waals surface area contributed by atoms with Gasteiger partial charge < -0.3 is 4.74 Å². The second kappa shape index (κ2) is 10.8. The minimum absolute atomic E-state index is 0.322. The summed E-state index contributed by atoms with van der Waals surface area (Å²) in [4.78, 5) is 17.9. The number of benzene rings is 4. The molecule has 0 atom stereocenters. The van der Waals surface area contributed by atoms with Gasteiger partial charge in [-0.1, -0.05) is 90.5 Å². The van der Waals surface area contributed by atoms with E-state index in [9.17, 15) is 4.79 Å². The van der Waals surface area contributed by atoms with E-state index in [1.54, 1.807) is 12.3 Å². The van der Waals surface area contributed by atoms with Gasteiger partial charge in [-0.3, -0.25) is 4.79 Å². The van der Waals surface area contributed by atoms with Gasteiger partial charge in [0, 0.05) is 27.1 Å². The van der Waals surface area contributed by atoms with Crippen molar-refractivity contribution in [3.8, 4) is 17.0 Å². The lowest BCUT2D eigenvalue weighted by Crippen LogP contribution is -2.18. The highest BCUT2D eigenvalue weighted by molar-refractivity contribution is 6.31. The van der Waals surface area contributed by atoms with Crippen LogP contribution < -0.4 is 10.2 Å². The third kappa shape index (κ3) is 5.27. The Balaban J connectivity index is 1.36. The van der Waals surface area contributed by atoms with E-state index < -0.39 is 0 Å². The van der Waals surface area contributed by atoms with Crippen molar-refractivity contribution in [3.05, 3.63) is 131 Å². The van der Waals surface area contributed by atoms with E-state index in [-0.39, 0.29) is 5.91 Å². The smallest absolute Gasteiger partial charge is 0.272 e. The van der Waals surface area contributed by atoms with Gasteiger partial charge in [0.1, 0.15) is 12.4 Å². The standard InChI is InChI=1S/C30H22ClN3O2/c31-26-15-7-4-13-23(26)20-36-29-17-9-5-12-22(29)19-32-34-30(35)25-18-28(21-10-2-1-3-11-21)33-27-16-8-6-14-24(25)27/h1-19H,20H2,(H,34,35)/b32-19-. The monoisotopic (exact) mass is 491 g/mol. The molecule has 1 amide bonds. The summed E-state index contributed by atoms with van der Waals surface area (Å²) in [7, 11) is 0. The Morgan fingerprint density at radius 1 is 0.889 bits per heavy atom. The zero-order valence-corrected chi connectivity index (χ0v) is 20.0. The number of nitrogens with one attached hydrogen (secondary N) is 1. The van der Waals surface area contributed by atoms with E-state index in [1.807, 2.05) is 103 Å². The molecule has 0 unspecified atom stereocenters. The van der Waals surface area contributed by atoms with E-state index >= 15 is 0 Å². The van der Waals surface area contributed by atoms with Crippen LogP contribution in [0.2, 0.25) is 5.02 Å². The number of ether oxygens (including phenoxy) is 1. The first-order valence-corrected chi connectivity index (χ1v) is 11.8. The Bertz CT molecular complexity index is 1550. The van der Waals surface area contributed by atoms with Gasteiger partial charge in [0.15, 0.2) is 0 Å². The number of hydrogen-bond donors (Lipinski definition) is 1. The van der Waals surface area contributed by atoms with Gasteiger partial charge >= 0.3 is 0 Å². The van der Waals surface area contributed by atoms with Crippen molar-refractivity contribution >= 4 is 34.6 Å². The van der Waals surface area contributed by atoms with Crippen LogP contribution in [0.1, 0.15) is 21.5 Å². The number of hydrazone groups is 1. The van der Waals surface area contributed by atoms with Crippen LogP contribution in [-0.2, 0) is 6.61 Å². The van der Waals surface area contributed by atoms with Crippen LogP contribution in [-0.4, -0.2) is 17.1 Å². The Morgan fingerprint density at radius 3 is 2.47 bits per heavy atom. The number of pyridine rings is 1. The second-order valence-electron chi connectivity index (χ2n) is 8.06. The Morgan fingerprint density at radius 2 is 1.61 bits per heavy atom. The lowest BCUT2D eigenvalue weighted by Gasteiger charge is -2.10. The number of carbonyl (C=O) groups excluding carboxylic acids is 1. The highest BCUT2D eigenvalue weighted by atomic mass is 35.5. The zero-order valence-electron chi connectivity index (χ0n) is 19.3. The molecule has 0 aliphatic heterocycles. The van der Waals surface area contributed by atoms with Crippen LogP contribution in [0.25, 0.3) is 22.2 Å². The molecule has 0 bridgehead atoms. The first kappa shape index (κ1) is 23.3. The Hall–Kier alpha value is -4.48. The quantitative estimate of drug-likeness (QED) is 0.199. The summed E-state index contributed by atoms with van der Waals surface area (Å²) in [5, 5.41) is 5.62. The van der Waals surface area contributed by atoms with E-state index in [2.05, 4.69) is 10.5 Å². The number of halogens is 1. The first-order valence-electron chi connectivity index (χ1n) is 11.4. The predicted molar refractivity (Wildman–Crippen MR) is 144 cm³/mol. The van der Waals surface area contributed by atoms with Crippen molar-refractivity contribution in [2.75, 3.05) is 0 Å². The fourth-order valence-corrected chi connectivity index (χ4v) is 4.02. The van der Waals surface area contributed by atoms with Gasteiger partial charge in [-0.25, -0.2) is 10.4 Å². The Labute approximate surface area is 214 Å². The predicted octanol–water partition coefficient (Wildman–Crippen LogP) is 6.90. The molecule has 0 aliphatic carbocycles. The van der Waals surface area contributed by atoms with Crippen LogP contribution in [0, 0.1) is 0 Å². The molecule has 0 radical (unpaired) electrons. The number of nitrogens with zero attached hydrogens (tertiary/aromatic N) is 2. The summed E-state index contributed by atoms with van der Waals surface area (Å²) in [5.74, 6) is 0.313. The highest BCUT2D eigenvalue weighted by Gasteiger charge is 2.13. The molecule has 0 aliphatic rings. The highest BCUT2D eigenvalue weighted by Crippen LogP contribution is 2.25. The first-order chi connectivity index (χ1) is 17.7. The van der Waals surface area contributed by atoms with Gasteiger partial charge in [-0.15, -0.1) is 0 Å². The van der Waals surface area contributed by atoms with Gasteiger partial charge in [0.25, 0.3) is 5.91 Å². The van der Waals surface area contributed by atoms with Crippen molar-refractivity contribution in [1.82, 2.24) is 10.4 Å². The third-order valence-electron chi connectivity index (χ3n) is 5.66. The van der Waals surface area contributed by atoms with Crippen molar-refractivity contribution in [2.45, 2.75) is 6.61 Å². The van der Waals surface area contributed by atoms with Crippen LogP contribution >= 0.6 is 11.6 Å². The van der Waals surface area contributed by atoms with Gasteiger partial charge in [-0.2, -0.15) is 5.10 Å². The minimum atomic E-state index is -0.323. The molecule has 36 heavy (non-hydrogen) atoms. The van der Waals surface area contributed by atoms with E-state index in [4.69, 9.17) is 21.3 Å². The van der Waals surface area contributed by atoms with Crippen molar-refractivity contribution in [3.63, 3.8) is 0 Å². The molecule has 5 rings (SSSR count). The number of para-hydroxylation sites is 2. The van der Waals surface area contributed by atoms with Crippen molar-refractivity contribution in [1.29, 1.82) is 0 Å². The fraction of sp³-hybridized carbons (Fsp3) is 0.0333. The number of amides is 1. The Kier molecular flexibility index (Phi) is 7.01. The normalized spacial score (nSPS) is 11.0.